The third-order valence-electron chi connectivity index (χ3n) is 3.68. The molecule has 1 atom stereocenters. The summed E-state index contributed by atoms with van der Waals surface area (Å²) in [4.78, 5) is 23.7. The molecule has 138 valence electrons. The number of aryl methyl sites for hydroxylation is 2. The van der Waals surface area contributed by atoms with Gasteiger partial charge in [0.1, 0.15) is 5.15 Å². The first-order chi connectivity index (χ1) is 12.3. The molecule has 0 aliphatic heterocycles. The van der Waals surface area contributed by atoms with Gasteiger partial charge in [-0.15, -0.1) is 0 Å². The molecule has 1 aromatic carbocycles. The second-order valence-corrected chi connectivity index (χ2v) is 6.43. The molecular weight excluding hydrogens is 377 g/mol. The highest BCUT2D eigenvalue weighted by molar-refractivity contribution is 6.31. The van der Waals surface area contributed by atoms with Crippen molar-refractivity contribution in [2.45, 2.75) is 19.9 Å². The van der Waals surface area contributed by atoms with Crippen molar-refractivity contribution in [3.63, 3.8) is 0 Å². The van der Waals surface area contributed by atoms with Crippen LogP contribution in [-0.4, -0.2) is 28.3 Å². The average Bonchev–Trinajstić information content (AvgIpc) is 2.83. The highest BCUT2D eigenvalue weighted by Gasteiger charge is 2.13. The minimum absolute atomic E-state index is 0.303. The maximum absolute atomic E-state index is 11.9. The average molecular weight is 396 g/mol. The standard InChI is InChI=1S/C18H19Cl2N3O3/c1-11(13-6-4-5-7-15(13)19)21-16(24)10-26-17(25)9-8-14-12(2)22-23(3)18(14)20/h4-9,11H,10H2,1-3H3,(H,21,24)/b9-8+/t11-/m1/s1. The van der Waals surface area contributed by atoms with Crippen LogP contribution in [-0.2, 0) is 21.4 Å². The van der Waals surface area contributed by atoms with Gasteiger partial charge < -0.3 is 10.1 Å². The van der Waals surface area contributed by atoms with Crippen LogP contribution in [0.4, 0.5) is 0 Å². The van der Waals surface area contributed by atoms with Crippen LogP contribution in [0.15, 0.2) is 30.3 Å². The number of carbonyl (C=O) groups is 2. The first kappa shape index (κ1) is 20.0. The summed E-state index contributed by atoms with van der Waals surface area (Å²) in [6.07, 6.45) is 2.72. The quantitative estimate of drug-likeness (QED) is 0.600. The van der Waals surface area contributed by atoms with Gasteiger partial charge in [0.15, 0.2) is 6.61 Å². The Bertz CT molecular complexity index is 846. The molecule has 0 aliphatic rings. The third kappa shape index (κ3) is 5.09. The van der Waals surface area contributed by atoms with E-state index in [0.717, 1.165) is 5.56 Å². The Morgan fingerprint density at radius 2 is 2.04 bits per heavy atom. The number of amides is 1. The lowest BCUT2D eigenvalue weighted by molar-refractivity contribution is -0.144. The van der Waals surface area contributed by atoms with E-state index in [-0.39, 0.29) is 6.04 Å². The van der Waals surface area contributed by atoms with Gasteiger partial charge in [0.2, 0.25) is 0 Å². The van der Waals surface area contributed by atoms with E-state index in [9.17, 15) is 9.59 Å². The number of esters is 1. The van der Waals surface area contributed by atoms with Crippen LogP contribution < -0.4 is 5.32 Å². The largest absolute Gasteiger partial charge is 0.452 e. The van der Waals surface area contributed by atoms with E-state index in [1.54, 1.807) is 27.0 Å². The number of benzene rings is 1. The van der Waals surface area contributed by atoms with Crippen LogP contribution in [0, 0.1) is 6.92 Å². The van der Waals surface area contributed by atoms with Crippen molar-refractivity contribution in [3.8, 4) is 0 Å². The van der Waals surface area contributed by atoms with E-state index in [4.69, 9.17) is 27.9 Å². The molecule has 8 heteroatoms. The number of nitrogens with one attached hydrogen (secondary N) is 1. The van der Waals surface area contributed by atoms with Crippen molar-refractivity contribution in [2.75, 3.05) is 6.61 Å². The minimum atomic E-state index is -0.648. The van der Waals surface area contributed by atoms with Crippen LogP contribution in [0.25, 0.3) is 6.08 Å². The second-order valence-electron chi connectivity index (χ2n) is 5.67. The third-order valence-corrected chi connectivity index (χ3v) is 4.47. The number of halogens is 2. The predicted molar refractivity (Wildman–Crippen MR) is 101 cm³/mol. The molecule has 2 aromatic rings. The Labute approximate surface area is 161 Å². The van der Waals surface area contributed by atoms with E-state index >= 15 is 0 Å². The maximum Gasteiger partial charge on any atom is 0.331 e. The van der Waals surface area contributed by atoms with Gasteiger partial charge in [-0.05, 0) is 31.6 Å². The summed E-state index contributed by atoms with van der Waals surface area (Å²) in [5, 5.41) is 7.84. The molecule has 1 heterocycles. The monoisotopic (exact) mass is 395 g/mol. The van der Waals surface area contributed by atoms with Gasteiger partial charge >= 0.3 is 5.97 Å². The Morgan fingerprint density at radius 1 is 1.35 bits per heavy atom. The molecule has 6 nitrogen and oxygen atoms in total. The molecule has 0 saturated carbocycles. The zero-order valence-electron chi connectivity index (χ0n) is 14.6. The minimum Gasteiger partial charge on any atom is -0.452 e. The molecule has 2 rings (SSSR count). The SMILES string of the molecule is Cc1nn(C)c(Cl)c1/C=C/C(=O)OCC(=O)N[C@H](C)c1ccccc1Cl. The molecular formula is C18H19Cl2N3O3. The Hall–Kier alpha value is -2.31. The van der Waals surface area contributed by atoms with Gasteiger partial charge in [0.05, 0.1) is 11.7 Å². The van der Waals surface area contributed by atoms with Crippen LogP contribution in [0.5, 0.6) is 0 Å². The van der Waals surface area contributed by atoms with Crippen LogP contribution >= 0.6 is 23.2 Å². The zero-order valence-corrected chi connectivity index (χ0v) is 16.1. The summed E-state index contributed by atoms with van der Waals surface area (Å²) >= 11 is 12.2. The number of nitrogens with zero attached hydrogens (tertiary/aromatic N) is 2. The molecule has 0 unspecified atom stereocenters. The second kappa shape index (κ2) is 8.87. The van der Waals surface area contributed by atoms with E-state index in [0.29, 0.717) is 21.4 Å². The molecule has 1 aromatic heterocycles. The summed E-state index contributed by atoms with van der Waals surface area (Å²) < 4.78 is 6.44. The fourth-order valence-corrected chi connectivity index (χ4v) is 2.90. The molecule has 0 bridgehead atoms. The van der Waals surface area contributed by atoms with Crippen LogP contribution in [0.1, 0.15) is 29.8 Å². The predicted octanol–water partition coefficient (Wildman–Crippen LogP) is 3.47. The lowest BCUT2D eigenvalue weighted by Gasteiger charge is -2.15. The van der Waals surface area contributed by atoms with Gasteiger partial charge in [-0.1, -0.05) is 41.4 Å². The highest BCUT2D eigenvalue weighted by Crippen LogP contribution is 2.22. The summed E-state index contributed by atoms with van der Waals surface area (Å²) in [5.41, 5.74) is 2.10. The number of ether oxygens (including phenoxy) is 1. The molecule has 1 amide bonds. The zero-order chi connectivity index (χ0) is 19.3. The fourth-order valence-electron chi connectivity index (χ4n) is 2.36. The lowest BCUT2D eigenvalue weighted by Crippen LogP contribution is -2.31. The molecule has 0 fully saturated rings. The number of hydrogen-bond acceptors (Lipinski definition) is 4. The van der Waals surface area contributed by atoms with Crippen molar-refractivity contribution >= 4 is 41.2 Å². The van der Waals surface area contributed by atoms with E-state index < -0.39 is 18.5 Å². The molecule has 0 radical (unpaired) electrons. The summed E-state index contributed by atoms with van der Waals surface area (Å²) in [6, 6.07) is 6.91. The summed E-state index contributed by atoms with van der Waals surface area (Å²) in [5.74, 6) is -1.07. The van der Waals surface area contributed by atoms with Crippen LogP contribution in [0.2, 0.25) is 10.2 Å². The fraction of sp³-hybridized carbons (Fsp3) is 0.278. The number of carbonyl (C=O) groups excluding carboxylic acids is 2. The maximum atomic E-state index is 11.9. The lowest BCUT2D eigenvalue weighted by atomic mass is 10.1. The molecule has 26 heavy (non-hydrogen) atoms. The van der Waals surface area contributed by atoms with Crippen molar-refractivity contribution < 1.29 is 14.3 Å². The van der Waals surface area contributed by atoms with Gasteiger partial charge in [-0.3, -0.25) is 9.48 Å². The molecule has 0 saturated heterocycles. The Morgan fingerprint density at radius 3 is 2.65 bits per heavy atom. The van der Waals surface area contributed by atoms with Crippen LogP contribution in [0.3, 0.4) is 0 Å². The first-order valence-corrected chi connectivity index (χ1v) is 8.63. The Kier molecular flexibility index (Phi) is 6.83. The van der Waals surface area contributed by atoms with Crippen molar-refractivity contribution in [1.82, 2.24) is 15.1 Å². The molecule has 1 N–H and O–H groups in total. The first-order valence-electron chi connectivity index (χ1n) is 7.87. The Balaban J connectivity index is 1.86. The number of hydrogen-bond donors (Lipinski definition) is 1. The highest BCUT2D eigenvalue weighted by atomic mass is 35.5. The summed E-state index contributed by atoms with van der Waals surface area (Å²) in [7, 11) is 1.70. The van der Waals surface area contributed by atoms with Gasteiger partial charge in [-0.25, -0.2) is 4.79 Å². The van der Waals surface area contributed by atoms with Crippen molar-refractivity contribution in [1.29, 1.82) is 0 Å². The molecule has 0 spiro atoms. The smallest absolute Gasteiger partial charge is 0.331 e. The van der Waals surface area contributed by atoms with E-state index in [2.05, 4.69) is 10.4 Å². The molecule has 0 aliphatic carbocycles. The van der Waals surface area contributed by atoms with Gasteiger partial charge in [-0.2, -0.15) is 5.10 Å². The van der Waals surface area contributed by atoms with E-state index in [1.807, 2.05) is 18.2 Å². The topological polar surface area (TPSA) is 73.2 Å². The summed E-state index contributed by atoms with van der Waals surface area (Å²) in [6.45, 7) is 3.19. The number of rotatable bonds is 6. The number of aromatic nitrogens is 2. The van der Waals surface area contributed by atoms with Gasteiger partial charge in [0.25, 0.3) is 5.91 Å². The normalized spacial score (nSPS) is 12.2. The van der Waals surface area contributed by atoms with E-state index in [1.165, 1.54) is 16.8 Å². The van der Waals surface area contributed by atoms with Gasteiger partial charge in [0, 0.05) is 23.7 Å². The van der Waals surface area contributed by atoms with Crippen molar-refractivity contribution in [3.05, 3.63) is 57.3 Å². The van der Waals surface area contributed by atoms with Crippen molar-refractivity contribution in [2.24, 2.45) is 7.05 Å².